The molecule has 0 fully saturated rings. The molecule has 8 heteroatoms. The van der Waals surface area contributed by atoms with Crippen LogP contribution in [0.1, 0.15) is 26.5 Å². The normalized spacial score (nSPS) is 10.7. The predicted octanol–water partition coefficient (Wildman–Crippen LogP) is 3.47. The van der Waals surface area contributed by atoms with E-state index < -0.39 is 17.7 Å². The van der Waals surface area contributed by atoms with Gasteiger partial charge >= 0.3 is 5.97 Å². The number of methoxy groups -OCH3 is 1. The molecule has 1 N–H and O–H groups in total. The first-order valence-corrected chi connectivity index (χ1v) is 7.62. The molecule has 2 heterocycles. The van der Waals surface area contributed by atoms with Crippen molar-refractivity contribution >= 4 is 34.8 Å². The molecule has 1 amide bonds. The van der Waals surface area contributed by atoms with Gasteiger partial charge in [-0.25, -0.2) is 14.2 Å². The number of aromatic nitrogens is 2. The highest BCUT2D eigenvalue weighted by Crippen LogP contribution is 2.25. The number of fused-ring (bicyclic) bond motifs is 1. The second-order valence-corrected chi connectivity index (χ2v) is 5.67. The van der Waals surface area contributed by atoms with Gasteiger partial charge in [0.25, 0.3) is 5.91 Å². The van der Waals surface area contributed by atoms with E-state index in [4.69, 9.17) is 11.6 Å². The lowest BCUT2D eigenvalue weighted by Crippen LogP contribution is -2.16. The van der Waals surface area contributed by atoms with E-state index >= 15 is 0 Å². The quantitative estimate of drug-likeness (QED) is 0.725. The number of aryl methyl sites for hydroxylation is 1. The Morgan fingerprint density at radius 2 is 2.04 bits per heavy atom. The van der Waals surface area contributed by atoms with Crippen molar-refractivity contribution in [2.75, 3.05) is 12.4 Å². The van der Waals surface area contributed by atoms with Crippen LogP contribution in [0.2, 0.25) is 5.02 Å². The van der Waals surface area contributed by atoms with Crippen LogP contribution in [-0.4, -0.2) is 28.4 Å². The van der Waals surface area contributed by atoms with Crippen LogP contribution in [0.5, 0.6) is 0 Å². The summed E-state index contributed by atoms with van der Waals surface area (Å²) in [6, 6.07) is 7.11. The molecule has 25 heavy (non-hydrogen) atoms. The maximum Gasteiger partial charge on any atom is 0.337 e. The standard InChI is InChI=1S/C17H13ClFN3O3/c1-9-15(22-8-11(19)4-6-14(22)20-9)16(23)21-13-7-10(17(24)25-2)3-5-12(13)18/h3-8H,1-2H3,(H,21,23). The molecule has 3 rings (SSSR count). The molecular formula is C17H13ClFN3O3. The number of anilines is 1. The topological polar surface area (TPSA) is 72.7 Å². The lowest BCUT2D eigenvalue weighted by molar-refractivity contribution is 0.0600. The van der Waals surface area contributed by atoms with Crippen molar-refractivity contribution in [3.05, 3.63) is 64.3 Å². The first-order valence-electron chi connectivity index (χ1n) is 7.24. The van der Waals surface area contributed by atoms with E-state index in [2.05, 4.69) is 15.0 Å². The van der Waals surface area contributed by atoms with Gasteiger partial charge < -0.3 is 10.1 Å². The fourth-order valence-electron chi connectivity index (χ4n) is 2.46. The van der Waals surface area contributed by atoms with Crippen molar-refractivity contribution in [2.24, 2.45) is 0 Å². The Hall–Kier alpha value is -2.93. The van der Waals surface area contributed by atoms with E-state index in [1.807, 2.05) is 0 Å². The van der Waals surface area contributed by atoms with E-state index in [9.17, 15) is 14.0 Å². The minimum atomic E-state index is -0.555. The molecule has 0 atom stereocenters. The van der Waals surface area contributed by atoms with E-state index in [0.717, 1.165) is 0 Å². The van der Waals surface area contributed by atoms with Gasteiger partial charge in [0.05, 0.1) is 29.1 Å². The molecule has 2 aromatic heterocycles. The monoisotopic (exact) mass is 361 g/mol. The van der Waals surface area contributed by atoms with E-state index in [1.165, 1.54) is 48.0 Å². The molecule has 0 saturated heterocycles. The molecule has 0 spiro atoms. The minimum Gasteiger partial charge on any atom is -0.465 e. The molecule has 0 aliphatic heterocycles. The number of amides is 1. The number of halogens is 2. The van der Waals surface area contributed by atoms with Gasteiger partial charge in [0.15, 0.2) is 0 Å². The number of pyridine rings is 1. The van der Waals surface area contributed by atoms with Crippen LogP contribution in [0.15, 0.2) is 36.5 Å². The fourth-order valence-corrected chi connectivity index (χ4v) is 2.62. The molecule has 0 radical (unpaired) electrons. The molecule has 0 saturated carbocycles. The number of hydrogen-bond acceptors (Lipinski definition) is 4. The highest BCUT2D eigenvalue weighted by molar-refractivity contribution is 6.34. The molecular weight excluding hydrogens is 349 g/mol. The molecule has 0 bridgehead atoms. The maximum absolute atomic E-state index is 13.5. The Balaban J connectivity index is 1.99. The van der Waals surface area contributed by atoms with Crippen molar-refractivity contribution in [3.63, 3.8) is 0 Å². The summed E-state index contributed by atoms with van der Waals surface area (Å²) in [5.74, 6) is -1.58. The summed E-state index contributed by atoms with van der Waals surface area (Å²) in [6.45, 7) is 1.65. The number of nitrogens with one attached hydrogen (secondary N) is 1. The third-order valence-electron chi connectivity index (χ3n) is 3.61. The lowest BCUT2D eigenvalue weighted by Gasteiger charge is -2.09. The molecule has 3 aromatic rings. The van der Waals surface area contributed by atoms with Gasteiger partial charge in [-0.15, -0.1) is 0 Å². The van der Waals surface area contributed by atoms with Gasteiger partial charge in [0.1, 0.15) is 17.2 Å². The first kappa shape index (κ1) is 16.9. The Morgan fingerprint density at radius 1 is 1.28 bits per heavy atom. The van der Waals surface area contributed by atoms with Crippen molar-refractivity contribution in [1.82, 2.24) is 9.38 Å². The number of benzene rings is 1. The van der Waals surface area contributed by atoms with Crippen LogP contribution in [0.3, 0.4) is 0 Å². The zero-order valence-electron chi connectivity index (χ0n) is 13.3. The summed E-state index contributed by atoms with van der Waals surface area (Å²) in [7, 11) is 1.26. The highest BCUT2D eigenvalue weighted by Gasteiger charge is 2.19. The van der Waals surface area contributed by atoms with Crippen molar-refractivity contribution < 1.29 is 18.7 Å². The smallest absolute Gasteiger partial charge is 0.337 e. The number of nitrogens with zero attached hydrogens (tertiary/aromatic N) is 2. The predicted molar refractivity (Wildman–Crippen MR) is 90.6 cm³/mol. The van der Waals surface area contributed by atoms with Crippen LogP contribution >= 0.6 is 11.6 Å². The Morgan fingerprint density at radius 3 is 2.76 bits per heavy atom. The molecule has 1 aromatic carbocycles. The number of esters is 1. The van der Waals surface area contributed by atoms with Crippen LogP contribution in [0, 0.1) is 12.7 Å². The number of hydrogen-bond donors (Lipinski definition) is 1. The van der Waals surface area contributed by atoms with Crippen LogP contribution in [0.4, 0.5) is 10.1 Å². The summed E-state index contributed by atoms with van der Waals surface area (Å²) in [4.78, 5) is 28.5. The number of rotatable bonds is 3. The molecule has 0 unspecified atom stereocenters. The highest BCUT2D eigenvalue weighted by atomic mass is 35.5. The number of ether oxygens (including phenoxy) is 1. The molecule has 6 nitrogen and oxygen atoms in total. The second-order valence-electron chi connectivity index (χ2n) is 5.26. The molecule has 128 valence electrons. The summed E-state index contributed by atoms with van der Waals surface area (Å²) in [6.07, 6.45) is 1.18. The summed E-state index contributed by atoms with van der Waals surface area (Å²) in [5.41, 5.74) is 1.53. The zero-order chi connectivity index (χ0) is 18.1. The van der Waals surface area contributed by atoms with Gasteiger partial charge in [-0.05, 0) is 37.3 Å². The van der Waals surface area contributed by atoms with E-state index in [-0.39, 0.29) is 22.0 Å². The minimum absolute atomic E-state index is 0.175. The van der Waals surface area contributed by atoms with Crippen LogP contribution in [0.25, 0.3) is 5.65 Å². The lowest BCUT2D eigenvalue weighted by atomic mass is 10.2. The van der Waals surface area contributed by atoms with Crippen molar-refractivity contribution in [1.29, 1.82) is 0 Å². The molecule has 0 aliphatic carbocycles. The third-order valence-corrected chi connectivity index (χ3v) is 3.94. The third kappa shape index (κ3) is 3.18. The van der Waals surface area contributed by atoms with E-state index in [1.54, 1.807) is 6.92 Å². The van der Waals surface area contributed by atoms with Gasteiger partial charge in [-0.2, -0.15) is 0 Å². The van der Waals surface area contributed by atoms with Crippen LogP contribution in [-0.2, 0) is 4.74 Å². The van der Waals surface area contributed by atoms with Gasteiger partial charge in [0, 0.05) is 6.20 Å². The van der Waals surface area contributed by atoms with Gasteiger partial charge in [-0.1, -0.05) is 11.6 Å². The Bertz CT molecular complexity index is 1000. The fraction of sp³-hybridized carbons (Fsp3) is 0.118. The first-order chi connectivity index (χ1) is 11.9. The summed E-state index contributed by atoms with van der Waals surface area (Å²) in [5, 5.41) is 2.87. The SMILES string of the molecule is COC(=O)c1ccc(Cl)c(NC(=O)c2c(C)nc3ccc(F)cn23)c1. The summed E-state index contributed by atoms with van der Waals surface area (Å²) < 4.78 is 19.5. The average Bonchev–Trinajstić information content (AvgIpc) is 2.91. The largest absolute Gasteiger partial charge is 0.465 e. The van der Waals surface area contributed by atoms with Crippen LogP contribution < -0.4 is 5.32 Å². The zero-order valence-corrected chi connectivity index (χ0v) is 14.1. The van der Waals surface area contributed by atoms with Crippen molar-refractivity contribution in [3.8, 4) is 0 Å². The number of carbonyl (C=O) groups excluding carboxylic acids is 2. The molecule has 0 aliphatic rings. The van der Waals surface area contributed by atoms with Crippen molar-refractivity contribution in [2.45, 2.75) is 6.92 Å². The number of imidazole rings is 1. The summed E-state index contributed by atoms with van der Waals surface area (Å²) >= 11 is 6.08. The van der Waals surface area contributed by atoms with Gasteiger partial charge in [0.2, 0.25) is 0 Å². The second kappa shape index (κ2) is 6.52. The van der Waals surface area contributed by atoms with Gasteiger partial charge in [-0.3, -0.25) is 9.20 Å². The van der Waals surface area contributed by atoms with E-state index in [0.29, 0.717) is 11.3 Å². The number of carbonyl (C=O) groups is 2. The maximum atomic E-state index is 13.5. The Labute approximate surface area is 147 Å². The Kier molecular flexibility index (Phi) is 4.41. The average molecular weight is 362 g/mol.